The van der Waals surface area contributed by atoms with Crippen LogP contribution in [0.1, 0.15) is 24.3 Å². The number of benzene rings is 1. The molecule has 0 bridgehead atoms. The molecule has 0 spiro atoms. The van der Waals surface area contributed by atoms with Gasteiger partial charge in [-0.25, -0.2) is 14.4 Å². The monoisotopic (exact) mass is 456 g/mol. The van der Waals surface area contributed by atoms with Crippen LogP contribution >= 0.6 is 0 Å². The third kappa shape index (κ3) is 5.73. The lowest BCUT2D eigenvalue weighted by Gasteiger charge is -2.27. The Morgan fingerprint density at radius 3 is 2.58 bits per heavy atom. The highest BCUT2D eigenvalue weighted by atomic mass is 16.5. The number of amides is 2. The lowest BCUT2D eigenvalue weighted by atomic mass is 10.0. The summed E-state index contributed by atoms with van der Waals surface area (Å²) >= 11 is 0. The zero-order valence-corrected chi connectivity index (χ0v) is 18.4. The molecule has 3 rings (SSSR count). The van der Waals surface area contributed by atoms with Crippen LogP contribution in [0.5, 0.6) is 11.5 Å². The van der Waals surface area contributed by atoms with Crippen molar-refractivity contribution in [3.8, 4) is 11.5 Å². The van der Waals surface area contributed by atoms with Gasteiger partial charge in [0.2, 0.25) is 0 Å². The molecule has 2 N–H and O–H groups in total. The third-order valence-electron chi connectivity index (χ3n) is 4.65. The second-order valence-electron chi connectivity index (χ2n) is 6.72. The first-order valence-electron chi connectivity index (χ1n) is 10.0. The van der Waals surface area contributed by atoms with E-state index in [-0.39, 0.29) is 24.5 Å². The summed E-state index contributed by atoms with van der Waals surface area (Å²) in [6.45, 7) is 1.43. The van der Waals surface area contributed by atoms with Crippen LogP contribution in [0.4, 0.5) is 4.79 Å². The van der Waals surface area contributed by atoms with E-state index in [0.717, 1.165) is 0 Å². The van der Waals surface area contributed by atoms with Crippen LogP contribution in [-0.2, 0) is 19.1 Å². The smallest absolute Gasteiger partial charge is 0.338 e. The van der Waals surface area contributed by atoms with Crippen LogP contribution in [-0.4, -0.2) is 45.4 Å². The second kappa shape index (κ2) is 10.9. The van der Waals surface area contributed by atoms with Gasteiger partial charge in [-0.1, -0.05) is 6.07 Å². The standard InChI is InChI=1S/C23H24N2O8/c1-4-31-22(27)20-15(24-23(28)25-21(20)17-6-5-11-32-17)13-33-19(26)10-8-14-7-9-16(29-2)18(12-14)30-3/h5-12,21H,4,13H2,1-3H3,(H2,24,25,28)/b10-8+. The number of furan rings is 1. The normalized spacial score (nSPS) is 15.6. The molecule has 10 nitrogen and oxygen atoms in total. The van der Waals surface area contributed by atoms with E-state index in [0.29, 0.717) is 22.8 Å². The third-order valence-corrected chi connectivity index (χ3v) is 4.65. The highest BCUT2D eigenvalue weighted by Crippen LogP contribution is 2.29. The Hall–Kier alpha value is -4.21. The maximum absolute atomic E-state index is 12.6. The Kier molecular flexibility index (Phi) is 7.74. The number of esters is 2. The van der Waals surface area contributed by atoms with Gasteiger partial charge in [0.05, 0.1) is 38.4 Å². The molecular formula is C23H24N2O8. The average Bonchev–Trinajstić information content (AvgIpc) is 3.35. The quantitative estimate of drug-likeness (QED) is 0.436. The largest absolute Gasteiger partial charge is 0.493 e. The Balaban J connectivity index is 1.77. The molecule has 2 amide bonds. The molecule has 2 heterocycles. The molecule has 0 aliphatic carbocycles. The molecule has 1 atom stereocenters. The summed E-state index contributed by atoms with van der Waals surface area (Å²) < 4.78 is 26.2. The molecule has 1 aliphatic heterocycles. The van der Waals surface area contributed by atoms with Crippen LogP contribution in [0.25, 0.3) is 6.08 Å². The summed E-state index contributed by atoms with van der Waals surface area (Å²) in [7, 11) is 3.04. The van der Waals surface area contributed by atoms with E-state index < -0.39 is 24.0 Å². The number of nitrogens with one attached hydrogen (secondary N) is 2. The first-order chi connectivity index (χ1) is 16.0. The molecule has 2 aromatic rings. The minimum absolute atomic E-state index is 0.0862. The van der Waals surface area contributed by atoms with Crippen molar-refractivity contribution in [2.45, 2.75) is 13.0 Å². The molecule has 0 radical (unpaired) electrons. The van der Waals surface area contributed by atoms with E-state index in [4.69, 9.17) is 23.4 Å². The van der Waals surface area contributed by atoms with E-state index in [1.807, 2.05) is 0 Å². The second-order valence-corrected chi connectivity index (χ2v) is 6.72. The Morgan fingerprint density at radius 1 is 1.12 bits per heavy atom. The summed E-state index contributed by atoms with van der Waals surface area (Å²) in [4.78, 5) is 37.0. The first-order valence-corrected chi connectivity index (χ1v) is 10.0. The summed E-state index contributed by atoms with van der Waals surface area (Å²) in [6.07, 6.45) is 4.18. The van der Waals surface area contributed by atoms with Gasteiger partial charge in [0.15, 0.2) is 11.5 Å². The first kappa shape index (κ1) is 23.5. The van der Waals surface area contributed by atoms with E-state index in [2.05, 4.69) is 10.6 Å². The number of carbonyl (C=O) groups excluding carboxylic acids is 3. The minimum atomic E-state index is -0.885. The maximum atomic E-state index is 12.6. The zero-order valence-electron chi connectivity index (χ0n) is 18.4. The fourth-order valence-corrected chi connectivity index (χ4v) is 3.16. The highest BCUT2D eigenvalue weighted by molar-refractivity contribution is 5.95. The fourth-order valence-electron chi connectivity index (χ4n) is 3.16. The van der Waals surface area contributed by atoms with Crippen molar-refractivity contribution in [2.75, 3.05) is 27.4 Å². The van der Waals surface area contributed by atoms with Gasteiger partial charge in [-0.3, -0.25) is 0 Å². The van der Waals surface area contributed by atoms with Gasteiger partial charge >= 0.3 is 18.0 Å². The van der Waals surface area contributed by atoms with Gasteiger partial charge < -0.3 is 34.0 Å². The van der Waals surface area contributed by atoms with Gasteiger partial charge in [0.25, 0.3) is 0 Å². The molecule has 1 aliphatic rings. The number of carbonyl (C=O) groups is 3. The predicted molar refractivity (Wildman–Crippen MR) is 116 cm³/mol. The van der Waals surface area contributed by atoms with E-state index in [1.54, 1.807) is 37.3 Å². The van der Waals surface area contributed by atoms with Crippen LogP contribution in [0.15, 0.2) is 58.4 Å². The van der Waals surface area contributed by atoms with E-state index in [9.17, 15) is 14.4 Å². The molecule has 0 saturated heterocycles. The molecule has 0 saturated carbocycles. The average molecular weight is 456 g/mol. The number of hydrogen-bond acceptors (Lipinski definition) is 8. The number of ether oxygens (including phenoxy) is 4. The van der Waals surface area contributed by atoms with Gasteiger partial charge in [0.1, 0.15) is 18.4 Å². The van der Waals surface area contributed by atoms with Crippen molar-refractivity contribution in [1.29, 1.82) is 0 Å². The Bertz CT molecular complexity index is 1070. The SMILES string of the molecule is CCOC(=O)C1=C(COC(=O)/C=C/c2ccc(OC)c(OC)c2)NC(=O)NC1c1ccco1. The highest BCUT2D eigenvalue weighted by Gasteiger charge is 2.35. The molecule has 10 heteroatoms. The topological polar surface area (TPSA) is 125 Å². The number of urea groups is 1. The van der Waals surface area contributed by atoms with Crippen LogP contribution in [0.3, 0.4) is 0 Å². The lowest BCUT2D eigenvalue weighted by Crippen LogP contribution is -2.47. The summed E-state index contributed by atoms with van der Waals surface area (Å²) in [5.41, 5.74) is 0.874. The van der Waals surface area contributed by atoms with Gasteiger partial charge in [-0.15, -0.1) is 0 Å². The van der Waals surface area contributed by atoms with Crippen molar-refractivity contribution in [1.82, 2.24) is 10.6 Å². The van der Waals surface area contributed by atoms with Gasteiger partial charge in [-0.2, -0.15) is 0 Å². The van der Waals surface area contributed by atoms with Crippen LogP contribution in [0.2, 0.25) is 0 Å². The maximum Gasteiger partial charge on any atom is 0.338 e. The Labute approximate surface area is 190 Å². The van der Waals surface area contributed by atoms with E-state index >= 15 is 0 Å². The minimum Gasteiger partial charge on any atom is -0.493 e. The summed E-state index contributed by atoms with van der Waals surface area (Å²) in [6, 6.07) is 6.94. The van der Waals surface area contributed by atoms with Crippen LogP contribution in [0, 0.1) is 0 Å². The Morgan fingerprint density at radius 2 is 1.91 bits per heavy atom. The molecular weight excluding hydrogens is 432 g/mol. The molecule has 1 aromatic carbocycles. The van der Waals surface area contributed by atoms with Crippen molar-refractivity contribution in [3.05, 3.63) is 65.3 Å². The fraction of sp³-hybridized carbons (Fsp3) is 0.261. The van der Waals surface area contributed by atoms with Crippen molar-refractivity contribution in [2.24, 2.45) is 0 Å². The predicted octanol–water partition coefficient (Wildman–Crippen LogP) is 2.72. The van der Waals surface area contributed by atoms with Crippen molar-refractivity contribution < 1.29 is 37.7 Å². The molecule has 0 fully saturated rings. The zero-order chi connectivity index (χ0) is 23.8. The number of hydrogen-bond donors (Lipinski definition) is 2. The molecule has 33 heavy (non-hydrogen) atoms. The lowest BCUT2D eigenvalue weighted by molar-refractivity contribution is -0.140. The summed E-state index contributed by atoms with van der Waals surface area (Å²) in [5, 5.41) is 5.12. The van der Waals surface area contributed by atoms with Crippen LogP contribution < -0.4 is 20.1 Å². The molecule has 174 valence electrons. The van der Waals surface area contributed by atoms with Gasteiger partial charge in [0, 0.05) is 6.08 Å². The number of rotatable bonds is 9. The van der Waals surface area contributed by atoms with E-state index in [1.165, 1.54) is 32.6 Å². The molecule has 1 unspecified atom stereocenters. The number of methoxy groups -OCH3 is 2. The molecule has 1 aromatic heterocycles. The van der Waals surface area contributed by atoms with Crippen molar-refractivity contribution >= 4 is 24.0 Å². The van der Waals surface area contributed by atoms with Crippen molar-refractivity contribution in [3.63, 3.8) is 0 Å². The van der Waals surface area contributed by atoms with Gasteiger partial charge in [-0.05, 0) is 42.8 Å². The summed E-state index contributed by atoms with van der Waals surface area (Å²) in [5.74, 6) is 0.0632.